The summed E-state index contributed by atoms with van der Waals surface area (Å²) in [6.07, 6.45) is 3.38. The highest BCUT2D eigenvalue weighted by molar-refractivity contribution is 7.98. The van der Waals surface area contributed by atoms with Crippen molar-refractivity contribution in [2.45, 2.75) is 38.3 Å². The van der Waals surface area contributed by atoms with Crippen LogP contribution in [0.15, 0.2) is 5.16 Å². The van der Waals surface area contributed by atoms with Crippen molar-refractivity contribution in [1.82, 2.24) is 14.9 Å². The van der Waals surface area contributed by atoms with E-state index in [4.69, 9.17) is 5.26 Å². The Morgan fingerprint density at radius 1 is 1.35 bits per heavy atom. The Hall–Kier alpha value is -1.61. The molecule has 20 heavy (non-hydrogen) atoms. The van der Waals surface area contributed by atoms with Crippen LogP contribution in [-0.4, -0.2) is 40.6 Å². The highest BCUT2D eigenvalue weighted by atomic mass is 32.2. The largest absolute Gasteiger partial charge is 0.345 e. The van der Waals surface area contributed by atoms with Gasteiger partial charge in [0.2, 0.25) is 5.91 Å². The third kappa shape index (κ3) is 4.49. The number of aryl methyl sites for hydroxylation is 2. The molecule has 0 N–H and O–H groups in total. The first-order chi connectivity index (χ1) is 9.49. The lowest BCUT2D eigenvalue weighted by molar-refractivity contribution is -0.129. The van der Waals surface area contributed by atoms with Gasteiger partial charge in [-0.05, 0) is 32.1 Å². The monoisotopic (exact) mass is 292 g/mol. The Morgan fingerprint density at radius 2 is 1.95 bits per heavy atom. The first kappa shape index (κ1) is 16.4. The van der Waals surface area contributed by atoms with E-state index in [1.807, 2.05) is 26.2 Å². The number of hydrogen-bond acceptors (Lipinski definition) is 5. The zero-order chi connectivity index (χ0) is 15.1. The van der Waals surface area contributed by atoms with E-state index in [2.05, 4.69) is 9.97 Å². The number of carbonyl (C=O) groups is 1. The molecule has 0 fully saturated rings. The normalized spacial score (nSPS) is 10.2. The van der Waals surface area contributed by atoms with E-state index in [1.165, 1.54) is 11.8 Å². The summed E-state index contributed by atoms with van der Waals surface area (Å²) in [7, 11) is 1.73. The molecular weight excluding hydrogens is 272 g/mol. The lowest BCUT2D eigenvalue weighted by atomic mass is 10.1. The minimum absolute atomic E-state index is 0.0491. The first-order valence-electron chi connectivity index (χ1n) is 6.48. The van der Waals surface area contributed by atoms with Crippen LogP contribution in [0.1, 0.15) is 29.8 Å². The number of nitrogens with zero attached hydrogens (tertiary/aromatic N) is 4. The van der Waals surface area contributed by atoms with Crippen LogP contribution in [0, 0.1) is 25.2 Å². The Balaban J connectivity index is 2.66. The van der Waals surface area contributed by atoms with Gasteiger partial charge in [0.05, 0.1) is 12.5 Å². The zero-order valence-corrected chi connectivity index (χ0v) is 13.3. The van der Waals surface area contributed by atoms with Crippen LogP contribution >= 0.6 is 11.8 Å². The number of rotatable bonds is 6. The van der Waals surface area contributed by atoms with Crippen molar-refractivity contribution in [1.29, 1.82) is 5.26 Å². The number of thioether (sulfide) groups is 1. The van der Waals surface area contributed by atoms with Crippen molar-refractivity contribution in [3.05, 3.63) is 17.0 Å². The van der Waals surface area contributed by atoms with Gasteiger partial charge in [0.25, 0.3) is 0 Å². The first-order valence-corrected chi connectivity index (χ1v) is 7.71. The SMILES string of the molecule is CSc1nc(C)c(CCC(=O)N(C)CCC#N)c(C)n1. The van der Waals surface area contributed by atoms with E-state index in [9.17, 15) is 4.79 Å². The fourth-order valence-electron chi connectivity index (χ4n) is 1.93. The molecule has 1 rings (SSSR count). The van der Waals surface area contributed by atoms with Gasteiger partial charge < -0.3 is 4.90 Å². The molecule has 0 aliphatic heterocycles. The van der Waals surface area contributed by atoms with Crippen LogP contribution < -0.4 is 0 Å². The highest BCUT2D eigenvalue weighted by Crippen LogP contribution is 2.17. The van der Waals surface area contributed by atoms with Gasteiger partial charge in [-0.2, -0.15) is 5.26 Å². The molecule has 0 aromatic carbocycles. The lowest BCUT2D eigenvalue weighted by Gasteiger charge is -2.16. The second-order valence-corrected chi connectivity index (χ2v) is 5.36. The predicted molar refractivity (Wildman–Crippen MR) is 79.5 cm³/mol. The topological polar surface area (TPSA) is 69.9 Å². The molecule has 0 unspecified atom stereocenters. The summed E-state index contributed by atoms with van der Waals surface area (Å²) in [6, 6.07) is 2.04. The van der Waals surface area contributed by atoms with Crippen molar-refractivity contribution in [3.8, 4) is 6.07 Å². The molecule has 0 atom stereocenters. The van der Waals surface area contributed by atoms with E-state index < -0.39 is 0 Å². The van der Waals surface area contributed by atoms with E-state index in [-0.39, 0.29) is 5.91 Å². The molecule has 1 aromatic heterocycles. The van der Waals surface area contributed by atoms with Crippen LogP contribution in [0.3, 0.4) is 0 Å². The number of aromatic nitrogens is 2. The zero-order valence-electron chi connectivity index (χ0n) is 12.4. The van der Waals surface area contributed by atoms with Crippen molar-refractivity contribution in [2.24, 2.45) is 0 Å². The molecule has 1 heterocycles. The lowest BCUT2D eigenvalue weighted by Crippen LogP contribution is -2.27. The maximum Gasteiger partial charge on any atom is 0.222 e. The summed E-state index contributed by atoms with van der Waals surface area (Å²) in [4.78, 5) is 22.4. The molecule has 6 heteroatoms. The van der Waals surface area contributed by atoms with Gasteiger partial charge in [0.15, 0.2) is 5.16 Å². The molecule has 0 saturated carbocycles. The molecule has 0 saturated heterocycles. The Labute approximate surface area is 124 Å². The van der Waals surface area contributed by atoms with Gasteiger partial charge in [0.1, 0.15) is 0 Å². The summed E-state index contributed by atoms with van der Waals surface area (Å²) >= 11 is 1.52. The average Bonchev–Trinajstić information content (AvgIpc) is 2.43. The van der Waals surface area contributed by atoms with Crippen molar-refractivity contribution < 1.29 is 4.79 Å². The summed E-state index contributed by atoms with van der Waals surface area (Å²) in [5.74, 6) is 0.0491. The Kier molecular flexibility index (Phi) is 6.46. The van der Waals surface area contributed by atoms with Crippen LogP contribution in [0.5, 0.6) is 0 Å². The molecule has 0 radical (unpaired) electrons. The van der Waals surface area contributed by atoms with Crippen molar-refractivity contribution in [2.75, 3.05) is 19.8 Å². The predicted octanol–water partition coefficient (Wildman–Crippen LogP) is 2.12. The van der Waals surface area contributed by atoms with Gasteiger partial charge in [-0.1, -0.05) is 11.8 Å². The van der Waals surface area contributed by atoms with E-state index in [0.717, 1.165) is 22.1 Å². The van der Waals surface area contributed by atoms with Crippen LogP contribution in [-0.2, 0) is 11.2 Å². The Bertz CT molecular complexity index is 501. The van der Waals surface area contributed by atoms with Crippen LogP contribution in [0.25, 0.3) is 0 Å². The molecule has 0 spiro atoms. The third-order valence-electron chi connectivity index (χ3n) is 3.16. The maximum atomic E-state index is 11.9. The second-order valence-electron chi connectivity index (χ2n) is 4.58. The molecule has 5 nitrogen and oxygen atoms in total. The molecule has 1 amide bonds. The minimum atomic E-state index is 0.0491. The fraction of sp³-hybridized carbons (Fsp3) is 0.571. The number of hydrogen-bond donors (Lipinski definition) is 0. The van der Waals surface area contributed by atoms with Crippen molar-refractivity contribution >= 4 is 17.7 Å². The number of carbonyl (C=O) groups excluding carboxylic acids is 1. The number of amides is 1. The van der Waals surface area contributed by atoms with E-state index in [1.54, 1.807) is 11.9 Å². The molecule has 1 aromatic rings. The average molecular weight is 292 g/mol. The summed E-state index contributed by atoms with van der Waals surface area (Å²) in [6.45, 7) is 4.39. The van der Waals surface area contributed by atoms with Gasteiger partial charge in [-0.3, -0.25) is 4.79 Å². The summed E-state index contributed by atoms with van der Waals surface area (Å²) < 4.78 is 0. The van der Waals surface area contributed by atoms with Gasteiger partial charge in [0, 0.05) is 31.4 Å². The number of nitriles is 1. The quantitative estimate of drug-likeness (QED) is 0.593. The van der Waals surface area contributed by atoms with Gasteiger partial charge in [-0.25, -0.2) is 9.97 Å². The summed E-state index contributed by atoms with van der Waals surface area (Å²) in [5.41, 5.74) is 2.92. The molecule has 108 valence electrons. The maximum absolute atomic E-state index is 11.9. The molecular formula is C14H20N4OS. The highest BCUT2D eigenvalue weighted by Gasteiger charge is 2.12. The smallest absolute Gasteiger partial charge is 0.222 e. The van der Waals surface area contributed by atoms with Crippen molar-refractivity contribution in [3.63, 3.8) is 0 Å². The van der Waals surface area contributed by atoms with Gasteiger partial charge in [-0.15, -0.1) is 0 Å². The van der Waals surface area contributed by atoms with Crippen LogP contribution in [0.4, 0.5) is 0 Å². The Morgan fingerprint density at radius 3 is 2.45 bits per heavy atom. The molecule has 0 aliphatic carbocycles. The fourth-order valence-corrected chi connectivity index (χ4v) is 2.38. The van der Waals surface area contributed by atoms with E-state index >= 15 is 0 Å². The standard InChI is InChI=1S/C14H20N4OS/c1-10-12(11(2)17-14(16-10)20-4)6-7-13(19)18(3)9-5-8-15/h5-7,9H2,1-4H3. The molecule has 0 bridgehead atoms. The van der Waals surface area contributed by atoms with Crippen LogP contribution in [0.2, 0.25) is 0 Å². The molecule has 0 aliphatic rings. The third-order valence-corrected chi connectivity index (χ3v) is 3.70. The summed E-state index contributed by atoms with van der Waals surface area (Å²) in [5, 5.41) is 9.29. The minimum Gasteiger partial charge on any atom is -0.345 e. The van der Waals surface area contributed by atoms with Gasteiger partial charge >= 0.3 is 0 Å². The second kappa shape index (κ2) is 7.85. The van der Waals surface area contributed by atoms with E-state index in [0.29, 0.717) is 25.8 Å².